The molecule has 0 radical (unpaired) electrons. The molecule has 0 heterocycles. The lowest BCUT2D eigenvalue weighted by atomic mass is 10.1. The minimum Gasteiger partial charge on any atom is -0.480 e. The first-order valence-corrected chi connectivity index (χ1v) is 7.28. The summed E-state index contributed by atoms with van der Waals surface area (Å²) in [5.74, 6) is -0.766. The van der Waals surface area contributed by atoms with E-state index in [-0.39, 0.29) is 0 Å². The summed E-state index contributed by atoms with van der Waals surface area (Å²) in [7, 11) is 0. The number of benzene rings is 1. The van der Waals surface area contributed by atoms with E-state index in [1.807, 2.05) is 30.3 Å². The van der Waals surface area contributed by atoms with Gasteiger partial charge in [-0.05, 0) is 18.6 Å². The van der Waals surface area contributed by atoms with Crippen molar-refractivity contribution < 1.29 is 9.90 Å². The molecule has 1 unspecified atom stereocenters. The molecule has 1 aromatic carbocycles. The molecule has 3 nitrogen and oxygen atoms in total. The van der Waals surface area contributed by atoms with Crippen molar-refractivity contribution in [3.8, 4) is 0 Å². The van der Waals surface area contributed by atoms with Crippen LogP contribution in [0.1, 0.15) is 51.9 Å². The quantitative estimate of drug-likeness (QED) is 0.619. The van der Waals surface area contributed by atoms with Crippen molar-refractivity contribution in [2.45, 2.75) is 57.9 Å². The molecule has 1 aromatic rings. The Morgan fingerprint density at radius 1 is 1.11 bits per heavy atom. The van der Waals surface area contributed by atoms with Crippen molar-refractivity contribution in [1.82, 2.24) is 0 Å². The Hall–Kier alpha value is -1.51. The van der Waals surface area contributed by atoms with E-state index >= 15 is 0 Å². The van der Waals surface area contributed by atoms with Gasteiger partial charge in [0.15, 0.2) is 0 Å². The topological polar surface area (TPSA) is 49.3 Å². The number of para-hydroxylation sites is 1. The van der Waals surface area contributed by atoms with Crippen LogP contribution in [0.5, 0.6) is 0 Å². The Kier molecular flexibility index (Phi) is 7.71. The summed E-state index contributed by atoms with van der Waals surface area (Å²) in [6, 6.07) is 9.06. The molecular weight excluding hydrogens is 238 g/mol. The summed E-state index contributed by atoms with van der Waals surface area (Å²) in [6.45, 7) is 2.20. The summed E-state index contributed by atoms with van der Waals surface area (Å²) < 4.78 is 0. The van der Waals surface area contributed by atoms with Gasteiger partial charge < -0.3 is 10.4 Å². The van der Waals surface area contributed by atoms with E-state index in [9.17, 15) is 9.90 Å². The molecule has 0 saturated carbocycles. The van der Waals surface area contributed by atoms with Gasteiger partial charge in [0.05, 0.1) is 0 Å². The van der Waals surface area contributed by atoms with Crippen LogP contribution in [0.4, 0.5) is 5.69 Å². The predicted molar refractivity (Wildman–Crippen MR) is 79.5 cm³/mol. The van der Waals surface area contributed by atoms with Crippen LogP contribution in [0.15, 0.2) is 30.3 Å². The summed E-state index contributed by atoms with van der Waals surface area (Å²) in [5.41, 5.74) is 0.876. The highest BCUT2D eigenvalue weighted by Crippen LogP contribution is 2.13. The number of rotatable bonds is 10. The van der Waals surface area contributed by atoms with E-state index in [1.54, 1.807) is 0 Å². The van der Waals surface area contributed by atoms with Gasteiger partial charge >= 0.3 is 5.97 Å². The van der Waals surface area contributed by atoms with Crippen LogP contribution in [0, 0.1) is 0 Å². The van der Waals surface area contributed by atoms with E-state index in [2.05, 4.69) is 12.2 Å². The summed E-state index contributed by atoms with van der Waals surface area (Å²) in [5, 5.41) is 12.3. The molecule has 106 valence electrons. The van der Waals surface area contributed by atoms with Gasteiger partial charge in [-0.2, -0.15) is 0 Å². The van der Waals surface area contributed by atoms with Crippen LogP contribution in [-0.2, 0) is 4.79 Å². The number of carboxylic acids is 1. The molecule has 0 aliphatic carbocycles. The average molecular weight is 263 g/mol. The zero-order valence-corrected chi connectivity index (χ0v) is 11.8. The second-order valence-electron chi connectivity index (χ2n) is 4.96. The highest BCUT2D eigenvalue weighted by molar-refractivity contribution is 5.77. The Bertz CT molecular complexity index is 351. The lowest BCUT2D eigenvalue weighted by Crippen LogP contribution is -2.29. The highest BCUT2D eigenvalue weighted by atomic mass is 16.4. The van der Waals surface area contributed by atoms with Gasteiger partial charge in [0.25, 0.3) is 0 Å². The van der Waals surface area contributed by atoms with Crippen molar-refractivity contribution in [1.29, 1.82) is 0 Å². The maximum Gasteiger partial charge on any atom is 0.326 e. The average Bonchev–Trinajstić information content (AvgIpc) is 2.42. The van der Waals surface area contributed by atoms with Gasteiger partial charge in [-0.25, -0.2) is 4.79 Å². The highest BCUT2D eigenvalue weighted by Gasteiger charge is 2.16. The van der Waals surface area contributed by atoms with Gasteiger partial charge in [0.1, 0.15) is 6.04 Å². The third-order valence-corrected chi connectivity index (χ3v) is 3.26. The van der Waals surface area contributed by atoms with Crippen LogP contribution in [0.25, 0.3) is 0 Å². The SMILES string of the molecule is CCCCCCCCC(Nc1ccccc1)C(=O)O. The second kappa shape index (κ2) is 9.42. The number of hydrogen-bond acceptors (Lipinski definition) is 2. The Morgan fingerprint density at radius 3 is 2.37 bits per heavy atom. The maximum atomic E-state index is 11.2. The first-order valence-electron chi connectivity index (χ1n) is 7.28. The fraction of sp³-hybridized carbons (Fsp3) is 0.562. The third kappa shape index (κ3) is 6.85. The van der Waals surface area contributed by atoms with Gasteiger partial charge in [-0.1, -0.05) is 63.6 Å². The number of aliphatic carboxylic acids is 1. The fourth-order valence-electron chi connectivity index (χ4n) is 2.12. The molecule has 0 aliphatic heterocycles. The predicted octanol–water partition coefficient (Wildman–Crippen LogP) is 4.30. The minimum absolute atomic E-state index is 0.478. The summed E-state index contributed by atoms with van der Waals surface area (Å²) in [4.78, 5) is 11.2. The van der Waals surface area contributed by atoms with E-state index in [0.29, 0.717) is 6.42 Å². The van der Waals surface area contributed by atoms with Crippen molar-refractivity contribution in [3.05, 3.63) is 30.3 Å². The number of anilines is 1. The molecule has 19 heavy (non-hydrogen) atoms. The monoisotopic (exact) mass is 263 g/mol. The molecular formula is C16H25NO2. The van der Waals surface area contributed by atoms with Crippen molar-refractivity contribution in [2.24, 2.45) is 0 Å². The molecule has 0 amide bonds. The Labute approximate surface area is 116 Å². The molecule has 0 fully saturated rings. The molecule has 0 aliphatic rings. The molecule has 0 spiro atoms. The molecule has 0 aromatic heterocycles. The normalized spacial score (nSPS) is 12.1. The number of hydrogen-bond donors (Lipinski definition) is 2. The largest absolute Gasteiger partial charge is 0.480 e. The maximum absolute atomic E-state index is 11.2. The molecule has 1 rings (SSSR count). The zero-order valence-electron chi connectivity index (χ0n) is 11.8. The van der Waals surface area contributed by atoms with Crippen LogP contribution in [-0.4, -0.2) is 17.1 Å². The van der Waals surface area contributed by atoms with Gasteiger partial charge in [-0.15, -0.1) is 0 Å². The van der Waals surface area contributed by atoms with Crippen LogP contribution in [0.2, 0.25) is 0 Å². The second-order valence-corrected chi connectivity index (χ2v) is 4.96. The van der Waals surface area contributed by atoms with Crippen molar-refractivity contribution in [2.75, 3.05) is 5.32 Å². The first kappa shape index (κ1) is 15.5. The lowest BCUT2D eigenvalue weighted by Gasteiger charge is -2.15. The standard InChI is InChI=1S/C16H25NO2/c1-2-3-4-5-6-10-13-15(16(18)19)17-14-11-8-7-9-12-14/h7-9,11-12,15,17H,2-6,10,13H2,1H3,(H,18,19). The molecule has 3 heteroatoms. The molecule has 0 bridgehead atoms. The van der Waals surface area contributed by atoms with Crippen LogP contribution < -0.4 is 5.32 Å². The molecule has 0 saturated heterocycles. The Morgan fingerprint density at radius 2 is 1.74 bits per heavy atom. The third-order valence-electron chi connectivity index (χ3n) is 3.26. The number of nitrogens with one attached hydrogen (secondary N) is 1. The van der Waals surface area contributed by atoms with Crippen molar-refractivity contribution >= 4 is 11.7 Å². The number of carbonyl (C=O) groups is 1. The molecule has 2 N–H and O–H groups in total. The van der Waals surface area contributed by atoms with Gasteiger partial charge in [0.2, 0.25) is 0 Å². The number of unbranched alkanes of at least 4 members (excludes halogenated alkanes) is 5. The van der Waals surface area contributed by atoms with E-state index in [4.69, 9.17) is 0 Å². The smallest absolute Gasteiger partial charge is 0.326 e. The van der Waals surface area contributed by atoms with Crippen LogP contribution >= 0.6 is 0 Å². The van der Waals surface area contributed by atoms with Crippen LogP contribution in [0.3, 0.4) is 0 Å². The van der Waals surface area contributed by atoms with E-state index in [1.165, 1.54) is 25.7 Å². The first-order chi connectivity index (χ1) is 9.24. The summed E-state index contributed by atoms with van der Waals surface area (Å²) >= 11 is 0. The Balaban J connectivity index is 2.27. The van der Waals surface area contributed by atoms with E-state index < -0.39 is 12.0 Å². The summed E-state index contributed by atoms with van der Waals surface area (Å²) in [6.07, 6.45) is 7.79. The van der Waals surface area contributed by atoms with Gasteiger partial charge in [0, 0.05) is 5.69 Å². The number of carboxylic acid groups (broad SMARTS) is 1. The molecule has 1 atom stereocenters. The fourth-order valence-corrected chi connectivity index (χ4v) is 2.12. The van der Waals surface area contributed by atoms with E-state index in [0.717, 1.165) is 18.5 Å². The zero-order chi connectivity index (χ0) is 13.9. The van der Waals surface area contributed by atoms with Gasteiger partial charge in [-0.3, -0.25) is 0 Å². The minimum atomic E-state index is -0.766. The van der Waals surface area contributed by atoms with Crippen molar-refractivity contribution in [3.63, 3.8) is 0 Å². The lowest BCUT2D eigenvalue weighted by molar-refractivity contribution is -0.138.